The van der Waals surface area contributed by atoms with Gasteiger partial charge < -0.3 is 20.4 Å². The third-order valence-electron chi connectivity index (χ3n) is 5.85. The number of H-pyrrole nitrogens is 1. The van der Waals surface area contributed by atoms with Crippen molar-refractivity contribution in [2.75, 3.05) is 30.8 Å². The van der Waals surface area contributed by atoms with E-state index in [9.17, 15) is 4.79 Å². The van der Waals surface area contributed by atoms with E-state index in [-0.39, 0.29) is 5.91 Å². The highest BCUT2D eigenvalue weighted by atomic mass is 16.5. The number of amides is 1. The highest BCUT2D eigenvalue weighted by Crippen LogP contribution is 2.25. The van der Waals surface area contributed by atoms with E-state index in [0.717, 1.165) is 40.3 Å². The van der Waals surface area contributed by atoms with Crippen LogP contribution in [0.4, 0.5) is 17.3 Å². The molecule has 2 aromatic heterocycles. The van der Waals surface area contributed by atoms with Crippen LogP contribution in [-0.4, -0.2) is 50.9 Å². The van der Waals surface area contributed by atoms with E-state index in [1.54, 1.807) is 24.8 Å². The van der Waals surface area contributed by atoms with E-state index in [0.29, 0.717) is 31.4 Å². The minimum Gasteiger partial charge on any atom is -0.373 e. The molecule has 9 nitrogen and oxygen atoms in total. The van der Waals surface area contributed by atoms with E-state index in [2.05, 4.69) is 42.6 Å². The van der Waals surface area contributed by atoms with Crippen molar-refractivity contribution in [2.45, 2.75) is 13.2 Å². The molecule has 1 amide bonds. The number of anilines is 3. The Bertz CT molecular complexity index is 1450. The van der Waals surface area contributed by atoms with Crippen LogP contribution in [0.1, 0.15) is 16.8 Å². The Balaban J connectivity index is 1.44. The Morgan fingerprint density at radius 1 is 1.13 bits per heavy atom. The molecule has 6 bridgehead atoms. The van der Waals surface area contributed by atoms with Crippen molar-refractivity contribution in [3.63, 3.8) is 0 Å². The molecule has 0 saturated carbocycles. The van der Waals surface area contributed by atoms with Gasteiger partial charge in [0.25, 0.3) is 0 Å². The molecule has 0 saturated heterocycles. The molecule has 0 radical (unpaired) electrons. The largest absolute Gasteiger partial charge is 0.373 e. The number of aromatic amines is 1. The molecule has 3 heterocycles. The summed E-state index contributed by atoms with van der Waals surface area (Å²) >= 11 is 0. The van der Waals surface area contributed by atoms with E-state index < -0.39 is 0 Å². The number of likely N-dealkylation sites (N-methyl/N-ethyl adjacent to an activating group) is 1. The maximum atomic E-state index is 12.6. The summed E-state index contributed by atoms with van der Waals surface area (Å²) in [5, 5.41) is 6.27. The Hall–Kier alpha value is -4.60. The van der Waals surface area contributed by atoms with Crippen LogP contribution in [0, 0.1) is 0 Å². The molecule has 2 aromatic carbocycles. The number of carbonyl (C=O) groups is 1. The van der Waals surface area contributed by atoms with Gasteiger partial charge in [0.15, 0.2) is 0 Å². The van der Waals surface area contributed by atoms with Crippen LogP contribution in [-0.2, 0) is 22.7 Å². The van der Waals surface area contributed by atoms with Crippen molar-refractivity contribution in [3.05, 3.63) is 102 Å². The topological polar surface area (TPSA) is 108 Å². The number of carbonyl (C=O) groups excluding carboxylic acids is 1. The van der Waals surface area contributed by atoms with Crippen molar-refractivity contribution >= 4 is 29.3 Å². The molecule has 0 fully saturated rings. The molecule has 9 heteroatoms. The predicted molar refractivity (Wildman–Crippen MR) is 149 cm³/mol. The Morgan fingerprint density at radius 2 is 2.08 bits per heavy atom. The van der Waals surface area contributed by atoms with Crippen molar-refractivity contribution in [2.24, 2.45) is 0 Å². The lowest BCUT2D eigenvalue weighted by Gasteiger charge is -2.17. The van der Waals surface area contributed by atoms with Crippen molar-refractivity contribution in [3.8, 4) is 11.3 Å². The van der Waals surface area contributed by atoms with Crippen LogP contribution in [0.3, 0.4) is 0 Å². The first-order valence-electron chi connectivity index (χ1n) is 12.3. The van der Waals surface area contributed by atoms with Gasteiger partial charge in [0, 0.05) is 42.3 Å². The van der Waals surface area contributed by atoms with E-state index in [1.807, 2.05) is 55.6 Å². The number of fused-ring (bicyclic) bond motifs is 7. The minimum atomic E-state index is -0.244. The number of nitrogens with one attached hydrogen (secondary N) is 3. The summed E-state index contributed by atoms with van der Waals surface area (Å²) in [5.41, 5.74) is 6.09. The highest BCUT2D eigenvalue weighted by molar-refractivity contribution is 6.02. The summed E-state index contributed by atoms with van der Waals surface area (Å²) in [6.45, 7) is 2.51. The van der Waals surface area contributed by atoms with Crippen LogP contribution < -0.4 is 10.6 Å². The predicted octanol–water partition coefficient (Wildman–Crippen LogP) is 4.78. The molecule has 192 valence electrons. The lowest BCUT2D eigenvalue weighted by atomic mass is 10.1. The SMILES string of the molecule is CN1C/C=C/COCc2cccc(c2)-c2ccnc(n2)Nc2cc(cc(NC(=O)/C=C/c3cnc[nH]3)c2)C1. The van der Waals surface area contributed by atoms with Crippen LogP contribution in [0.25, 0.3) is 17.3 Å². The summed E-state index contributed by atoms with van der Waals surface area (Å²) in [6, 6.07) is 15.9. The molecule has 3 N–H and O–H groups in total. The Kier molecular flexibility index (Phi) is 7.98. The fraction of sp³-hybridized carbons (Fsp3) is 0.172. The smallest absolute Gasteiger partial charge is 0.248 e. The number of nitrogens with zero attached hydrogens (tertiary/aromatic N) is 4. The number of imidazole rings is 1. The molecule has 1 aliphatic rings. The monoisotopic (exact) mass is 507 g/mol. The summed E-state index contributed by atoms with van der Waals surface area (Å²) < 4.78 is 5.84. The van der Waals surface area contributed by atoms with Crippen molar-refractivity contribution < 1.29 is 9.53 Å². The maximum Gasteiger partial charge on any atom is 0.248 e. The molecule has 5 rings (SSSR count). The first-order valence-corrected chi connectivity index (χ1v) is 12.3. The summed E-state index contributed by atoms with van der Waals surface area (Å²) in [7, 11) is 2.05. The second kappa shape index (κ2) is 12.1. The lowest BCUT2D eigenvalue weighted by Crippen LogP contribution is -2.18. The summed E-state index contributed by atoms with van der Waals surface area (Å²) in [5.74, 6) is 0.224. The average molecular weight is 508 g/mol. The van der Waals surface area contributed by atoms with Crippen LogP contribution in [0.15, 0.2) is 85.5 Å². The quantitative estimate of drug-likeness (QED) is 0.271. The van der Waals surface area contributed by atoms with Crippen LogP contribution >= 0.6 is 0 Å². The standard InChI is InChI=1S/C29H29N7O2/c1-36-11-2-3-12-38-19-21-5-4-6-23(13-21)27-9-10-31-29(35-27)34-26-15-22(18-36)14-25(16-26)33-28(37)8-7-24-17-30-20-32-24/h2-10,13-17,20H,11-12,18-19H2,1H3,(H,30,32)(H,33,37)(H,31,34,35)/b3-2+,8-7+. The van der Waals surface area contributed by atoms with Gasteiger partial charge in [-0.05, 0) is 54.6 Å². The maximum absolute atomic E-state index is 12.6. The molecular weight excluding hydrogens is 478 g/mol. The van der Waals surface area contributed by atoms with Crippen LogP contribution in [0.5, 0.6) is 0 Å². The van der Waals surface area contributed by atoms with Crippen molar-refractivity contribution in [1.29, 1.82) is 0 Å². The molecule has 0 aliphatic carbocycles. The van der Waals surface area contributed by atoms with Gasteiger partial charge in [-0.3, -0.25) is 9.69 Å². The van der Waals surface area contributed by atoms with E-state index >= 15 is 0 Å². The van der Waals surface area contributed by atoms with E-state index in [4.69, 9.17) is 9.72 Å². The molecular formula is C29H29N7O2. The number of rotatable bonds is 3. The Morgan fingerprint density at radius 3 is 2.97 bits per heavy atom. The zero-order chi connectivity index (χ0) is 26.2. The van der Waals surface area contributed by atoms with Crippen LogP contribution in [0.2, 0.25) is 0 Å². The fourth-order valence-corrected chi connectivity index (χ4v) is 4.11. The average Bonchev–Trinajstić information content (AvgIpc) is 3.43. The van der Waals surface area contributed by atoms with Gasteiger partial charge in [0.2, 0.25) is 11.9 Å². The van der Waals surface area contributed by atoms with Crippen molar-refractivity contribution in [1.82, 2.24) is 24.8 Å². The van der Waals surface area contributed by atoms with Gasteiger partial charge in [-0.1, -0.05) is 30.4 Å². The van der Waals surface area contributed by atoms with E-state index in [1.165, 1.54) is 6.08 Å². The number of aromatic nitrogens is 4. The number of ether oxygens (including phenoxy) is 1. The molecule has 4 aromatic rings. The second-order valence-electron chi connectivity index (χ2n) is 9.02. The number of benzene rings is 2. The van der Waals surface area contributed by atoms with Gasteiger partial charge in [-0.25, -0.2) is 15.0 Å². The van der Waals surface area contributed by atoms with Gasteiger partial charge in [0.05, 0.1) is 37.1 Å². The van der Waals surface area contributed by atoms with Gasteiger partial charge >= 0.3 is 0 Å². The Labute approximate surface area is 221 Å². The summed E-state index contributed by atoms with van der Waals surface area (Å²) in [4.78, 5) is 30.9. The normalized spacial score (nSPS) is 15.3. The lowest BCUT2D eigenvalue weighted by molar-refractivity contribution is -0.111. The third kappa shape index (κ3) is 7.00. The fourth-order valence-electron chi connectivity index (χ4n) is 4.11. The zero-order valence-corrected chi connectivity index (χ0v) is 21.1. The molecule has 1 aliphatic heterocycles. The number of hydrogen-bond acceptors (Lipinski definition) is 7. The first-order chi connectivity index (χ1) is 18.6. The molecule has 0 spiro atoms. The molecule has 38 heavy (non-hydrogen) atoms. The molecule has 0 unspecified atom stereocenters. The zero-order valence-electron chi connectivity index (χ0n) is 21.1. The third-order valence-corrected chi connectivity index (χ3v) is 5.85. The van der Waals surface area contributed by atoms with Gasteiger partial charge in [-0.15, -0.1) is 0 Å². The minimum absolute atomic E-state index is 0.244. The number of hydrogen-bond donors (Lipinski definition) is 3. The summed E-state index contributed by atoms with van der Waals surface area (Å²) in [6.07, 6.45) is 12.2. The second-order valence-corrected chi connectivity index (χ2v) is 9.02. The highest BCUT2D eigenvalue weighted by Gasteiger charge is 2.09. The molecule has 0 atom stereocenters. The first kappa shape index (κ1) is 25.1. The van der Waals surface area contributed by atoms with Gasteiger partial charge in [-0.2, -0.15) is 0 Å². The van der Waals surface area contributed by atoms with Gasteiger partial charge in [0.1, 0.15) is 0 Å².